The van der Waals surface area contributed by atoms with Crippen molar-refractivity contribution >= 4 is 29.4 Å². The molecule has 6 heteroatoms. The first-order valence-corrected chi connectivity index (χ1v) is 4.77. The zero-order chi connectivity index (χ0) is 11.7. The summed E-state index contributed by atoms with van der Waals surface area (Å²) in [5.41, 5.74) is 0.502. The lowest BCUT2D eigenvalue weighted by Crippen LogP contribution is -2.04. The second-order valence-electron chi connectivity index (χ2n) is 3.02. The zero-order valence-corrected chi connectivity index (χ0v) is 9.06. The molecule has 0 atom stereocenters. The number of halogens is 1. The predicted molar refractivity (Wildman–Crippen MR) is 56.9 cm³/mol. The van der Waals surface area contributed by atoms with Gasteiger partial charge in [0.2, 0.25) is 0 Å². The molecule has 0 aliphatic heterocycles. The molecule has 0 radical (unpaired) electrons. The number of carbonyl (C=O) groups is 2. The molecule has 2 rings (SSSR count). The number of esters is 1. The summed E-state index contributed by atoms with van der Waals surface area (Å²) in [5, 5.41) is 4.30. The van der Waals surface area contributed by atoms with E-state index in [9.17, 15) is 9.59 Å². The van der Waals surface area contributed by atoms with Crippen LogP contribution >= 0.6 is 11.6 Å². The number of ether oxygens (including phenoxy) is 1. The number of aldehydes is 1. The minimum Gasteiger partial charge on any atom is -0.464 e. The van der Waals surface area contributed by atoms with Gasteiger partial charge in [-0.05, 0) is 12.1 Å². The lowest BCUT2D eigenvalue weighted by atomic mass is 10.2. The number of nitrogens with zero attached hydrogens (tertiary/aromatic N) is 2. The smallest absolute Gasteiger partial charge is 0.359 e. The van der Waals surface area contributed by atoms with E-state index in [1.54, 1.807) is 18.3 Å². The Morgan fingerprint density at radius 2 is 2.38 bits per heavy atom. The Labute approximate surface area is 95.6 Å². The summed E-state index contributed by atoms with van der Waals surface area (Å²) in [6, 6.07) is 3.28. The molecule has 0 bridgehead atoms. The average molecular weight is 239 g/mol. The van der Waals surface area contributed by atoms with Crippen molar-refractivity contribution in [2.75, 3.05) is 7.11 Å². The molecule has 0 amide bonds. The number of fused-ring (bicyclic) bond motifs is 1. The Morgan fingerprint density at radius 1 is 1.62 bits per heavy atom. The summed E-state index contributed by atoms with van der Waals surface area (Å²) in [7, 11) is 1.22. The van der Waals surface area contributed by atoms with Crippen LogP contribution in [0.3, 0.4) is 0 Å². The van der Waals surface area contributed by atoms with E-state index in [2.05, 4.69) is 9.84 Å². The lowest BCUT2D eigenvalue weighted by Gasteiger charge is -1.94. The topological polar surface area (TPSA) is 60.7 Å². The van der Waals surface area contributed by atoms with Crippen LogP contribution in [0, 0.1) is 0 Å². The number of methoxy groups -OCH3 is 1. The molecule has 0 saturated heterocycles. The van der Waals surface area contributed by atoms with Crippen LogP contribution < -0.4 is 0 Å². The molecule has 2 heterocycles. The van der Waals surface area contributed by atoms with E-state index in [4.69, 9.17) is 11.6 Å². The molecule has 5 nitrogen and oxygen atoms in total. The summed E-state index contributed by atoms with van der Waals surface area (Å²) in [6.07, 6.45) is 2.14. The SMILES string of the molecule is COC(=O)c1nn2cccc(Cl)c2c1C=O. The third kappa shape index (κ3) is 1.45. The maximum Gasteiger partial charge on any atom is 0.359 e. The number of aromatic nitrogens is 2. The standard InChI is InChI=1S/C10H7ClN2O3/c1-16-10(15)8-6(5-14)9-7(11)3-2-4-13(9)12-8/h2-5H,1H3. The second-order valence-corrected chi connectivity index (χ2v) is 3.43. The van der Waals surface area contributed by atoms with Gasteiger partial charge in [0.25, 0.3) is 0 Å². The van der Waals surface area contributed by atoms with E-state index in [0.29, 0.717) is 16.8 Å². The van der Waals surface area contributed by atoms with Crippen LogP contribution in [0.15, 0.2) is 18.3 Å². The molecule has 0 unspecified atom stereocenters. The minimum absolute atomic E-state index is 0.0365. The third-order valence-electron chi connectivity index (χ3n) is 2.14. The van der Waals surface area contributed by atoms with Crippen molar-refractivity contribution in [2.45, 2.75) is 0 Å². The van der Waals surface area contributed by atoms with Crippen LogP contribution in [0.4, 0.5) is 0 Å². The first-order chi connectivity index (χ1) is 7.69. The van der Waals surface area contributed by atoms with Crippen molar-refractivity contribution in [2.24, 2.45) is 0 Å². The predicted octanol–water partition coefficient (Wildman–Crippen LogP) is 1.59. The lowest BCUT2D eigenvalue weighted by molar-refractivity contribution is 0.0591. The molecular weight excluding hydrogens is 232 g/mol. The van der Waals surface area contributed by atoms with Gasteiger partial charge in [-0.1, -0.05) is 11.6 Å². The Hall–Kier alpha value is -1.88. The first kappa shape index (κ1) is 10.6. The molecule has 2 aromatic rings. The van der Waals surface area contributed by atoms with Gasteiger partial charge in [-0.3, -0.25) is 4.79 Å². The van der Waals surface area contributed by atoms with E-state index < -0.39 is 5.97 Å². The van der Waals surface area contributed by atoms with Gasteiger partial charge in [-0.2, -0.15) is 5.10 Å². The normalized spacial score (nSPS) is 10.4. The van der Waals surface area contributed by atoms with Crippen LogP contribution in [0.25, 0.3) is 5.52 Å². The molecule has 16 heavy (non-hydrogen) atoms. The monoisotopic (exact) mass is 238 g/mol. The minimum atomic E-state index is -0.665. The Morgan fingerprint density at radius 3 is 3.00 bits per heavy atom. The van der Waals surface area contributed by atoms with Crippen LogP contribution in [0.1, 0.15) is 20.8 Å². The quantitative estimate of drug-likeness (QED) is 0.589. The highest BCUT2D eigenvalue weighted by molar-refractivity contribution is 6.34. The fourth-order valence-corrected chi connectivity index (χ4v) is 1.70. The summed E-state index contributed by atoms with van der Waals surface area (Å²) in [5.74, 6) is -0.665. The highest BCUT2D eigenvalue weighted by atomic mass is 35.5. The molecule has 0 fully saturated rings. The average Bonchev–Trinajstić information content (AvgIpc) is 2.68. The Kier molecular flexibility index (Phi) is 2.62. The molecule has 0 aliphatic carbocycles. The van der Waals surface area contributed by atoms with Crippen molar-refractivity contribution in [1.82, 2.24) is 9.61 Å². The van der Waals surface area contributed by atoms with E-state index in [1.807, 2.05) is 0 Å². The summed E-state index contributed by atoms with van der Waals surface area (Å²) < 4.78 is 5.90. The molecular formula is C10H7ClN2O3. The highest BCUT2D eigenvalue weighted by Gasteiger charge is 2.20. The van der Waals surface area contributed by atoms with Crippen molar-refractivity contribution < 1.29 is 14.3 Å². The fourth-order valence-electron chi connectivity index (χ4n) is 1.44. The van der Waals surface area contributed by atoms with Gasteiger partial charge in [0, 0.05) is 6.20 Å². The van der Waals surface area contributed by atoms with Crippen molar-refractivity contribution in [1.29, 1.82) is 0 Å². The van der Waals surface area contributed by atoms with Gasteiger partial charge >= 0.3 is 5.97 Å². The van der Waals surface area contributed by atoms with Gasteiger partial charge in [-0.15, -0.1) is 0 Å². The third-order valence-corrected chi connectivity index (χ3v) is 2.44. The first-order valence-electron chi connectivity index (χ1n) is 4.39. The van der Waals surface area contributed by atoms with Gasteiger partial charge in [0.1, 0.15) is 0 Å². The number of pyridine rings is 1. The molecule has 82 valence electrons. The highest BCUT2D eigenvalue weighted by Crippen LogP contribution is 2.22. The number of hydrogen-bond acceptors (Lipinski definition) is 4. The van der Waals surface area contributed by atoms with Crippen molar-refractivity contribution in [3.8, 4) is 0 Å². The summed E-state index contributed by atoms with van der Waals surface area (Å²) >= 11 is 5.93. The van der Waals surface area contributed by atoms with Gasteiger partial charge in [-0.25, -0.2) is 9.31 Å². The molecule has 0 spiro atoms. The molecule has 0 aliphatic rings. The maximum atomic E-state index is 11.4. The molecule has 0 N–H and O–H groups in total. The van der Waals surface area contributed by atoms with Crippen LogP contribution in [-0.2, 0) is 4.74 Å². The van der Waals surface area contributed by atoms with Gasteiger partial charge in [0.15, 0.2) is 12.0 Å². The van der Waals surface area contributed by atoms with Crippen LogP contribution in [0.2, 0.25) is 5.02 Å². The molecule has 0 saturated carbocycles. The van der Waals surface area contributed by atoms with E-state index in [0.717, 1.165) is 0 Å². The number of hydrogen-bond donors (Lipinski definition) is 0. The molecule has 2 aromatic heterocycles. The van der Waals surface area contributed by atoms with E-state index in [-0.39, 0.29) is 11.3 Å². The largest absolute Gasteiger partial charge is 0.464 e. The second kappa shape index (κ2) is 3.94. The van der Waals surface area contributed by atoms with E-state index in [1.165, 1.54) is 11.6 Å². The van der Waals surface area contributed by atoms with Crippen molar-refractivity contribution in [3.05, 3.63) is 34.6 Å². The number of carbonyl (C=O) groups excluding carboxylic acids is 2. The fraction of sp³-hybridized carbons (Fsp3) is 0.100. The van der Waals surface area contributed by atoms with E-state index >= 15 is 0 Å². The van der Waals surface area contributed by atoms with Crippen molar-refractivity contribution in [3.63, 3.8) is 0 Å². The maximum absolute atomic E-state index is 11.4. The van der Waals surface area contributed by atoms with Crippen LogP contribution in [-0.4, -0.2) is 29.0 Å². The summed E-state index contributed by atoms with van der Waals surface area (Å²) in [6.45, 7) is 0. The zero-order valence-electron chi connectivity index (χ0n) is 8.31. The Bertz CT molecular complexity index is 577. The summed E-state index contributed by atoms with van der Waals surface area (Å²) in [4.78, 5) is 22.3. The Balaban J connectivity index is 2.82. The van der Waals surface area contributed by atoms with Gasteiger partial charge < -0.3 is 4.74 Å². The van der Waals surface area contributed by atoms with Gasteiger partial charge in [0.05, 0.1) is 23.2 Å². The van der Waals surface area contributed by atoms with Crippen LogP contribution in [0.5, 0.6) is 0 Å². The number of rotatable bonds is 2. The molecule has 0 aromatic carbocycles.